The molecule has 2 rings (SSSR count). The fourth-order valence-corrected chi connectivity index (χ4v) is 3.78. The van der Waals surface area contributed by atoms with Crippen molar-refractivity contribution in [3.05, 3.63) is 71.8 Å². The maximum absolute atomic E-state index is 12.1. The van der Waals surface area contributed by atoms with Crippen molar-refractivity contribution in [1.29, 1.82) is 0 Å². The Bertz CT molecular complexity index is 674. The molecule has 0 spiro atoms. The highest BCUT2D eigenvalue weighted by Crippen LogP contribution is 2.48. The molecule has 0 unspecified atom stereocenters. The SMILES string of the molecule is C=C[C@]1(C)CC[C@@H](C(=C)COC(=O)c2ccc(Cl)cc2)C[C@H]1C(=C)C. The molecule has 2 nitrogen and oxygen atoms in total. The fourth-order valence-electron chi connectivity index (χ4n) is 3.66. The molecule has 1 aliphatic rings. The molecule has 3 heteroatoms. The summed E-state index contributed by atoms with van der Waals surface area (Å²) in [4.78, 5) is 12.1. The summed E-state index contributed by atoms with van der Waals surface area (Å²) in [6, 6.07) is 6.70. The molecular formula is C22H27ClO2. The summed E-state index contributed by atoms with van der Waals surface area (Å²) in [5.41, 5.74) is 2.74. The summed E-state index contributed by atoms with van der Waals surface area (Å²) in [6.07, 6.45) is 5.12. The number of hydrogen-bond acceptors (Lipinski definition) is 2. The Hall–Kier alpha value is -1.80. The smallest absolute Gasteiger partial charge is 0.338 e. The molecule has 1 fully saturated rings. The third-order valence-electron chi connectivity index (χ3n) is 5.45. The molecular weight excluding hydrogens is 332 g/mol. The number of hydrogen-bond donors (Lipinski definition) is 0. The first-order valence-electron chi connectivity index (χ1n) is 8.66. The fraction of sp³-hybridized carbons (Fsp3) is 0.409. The maximum atomic E-state index is 12.1. The molecule has 25 heavy (non-hydrogen) atoms. The van der Waals surface area contributed by atoms with Gasteiger partial charge in [0.15, 0.2) is 0 Å². The van der Waals surface area contributed by atoms with E-state index in [1.165, 1.54) is 5.57 Å². The van der Waals surface area contributed by atoms with Crippen molar-refractivity contribution < 1.29 is 9.53 Å². The van der Waals surface area contributed by atoms with Gasteiger partial charge in [0.05, 0.1) is 5.56 Å². The Balaban J connectivity index is 1.95. The number of rotatable bonds is 6. The van der Waals surface area contributed by atoms with E-state index < -0.39 is 0 Å². The first-order chi connectivity index (χ1) is 11.8. The van der Waals surface area contributed by atoms with E-state index in [1.807, 2.05) is 0 Å². The van der Waals surface area contributed by atoms with Crippen LogP contribution in [0.2, 0.25) is 5.02 Å². The normalized spacial score (nSPS) is 25.9. The second-order valence-electron chi connectivity index (χ2n) is 7.32. The molecule has 1 saturated carbocycles. The summed E-state index contributed by atoms with van der Waals surface area (Å²) in [6.45, 7) is 16.9. The van der Waals surface area contributed by atoms with Gasteiger partial charge in [-0.1, -0.05) is 43.3 Å². The van der Waals surface area contributed by atoms with E-state index in [0.29, 0.717) is 22.4 Å². The molecule has 1 aliphatic carbocycles. The Morgan fingerprint density at radius 2 is 2.00 bits per heavy atom. The van der Waals surface area contributed by atoms with Crippen molar-refractivity contribution in [3.63, 3.8) is 0 Å². The average Bonchev–Trinajstić information content (AvgIpc) is 2.60. The van der Waals surface area contributed by atoms with Crippen molar-refractivity contribution in [2.24, 2.45) is 17.3 Å². The Kier molecular flexibility index (Phi) is 6.29. The van der Waals surface area contributed by atoms with E-state index in [9.17, 15) is 4.79 Å². The van der Waals surface area contributed by atoms with E-state index in [0.717, 1.165) is 24.8 Å². The molecule has 134 valence electrons. The lowest BCUT2D eigenvalue weighted by Crippen LogP contribution is -2.34. The molecule has 1 aromatic carbocycles. The predicted molar refractivity (Wildman–Crippen MR) is 105 cm³/mol. The minimum absolute atomic E-state index is 0.0859. The van der Waals surface area contributed by atoms with E-state index in [1.54, 1.807) is 24.3 Å². The molecule has 0 aliphatic heterocycles. The molecule has 0 aromatic heterocycles. The molecule has 0 heterocycles. The van der Waals surface area contributed by atoms with Gasteiger partial charge in [-0.2, -0.15) is 0 Å². The first kappa shape index (κ1) is 19.5. The monoisotopic (exact) mass is 358 g/mol. The lowest BCUT2D eigenvalue weighted by atomic mass is 9.61. The van der Waals surface area contributed by atoms with Crippen molar-refractivity contribution in [1.82, 2.24) is 0 Å². The Labute approximate surface area is 156 Å². The van der Waals surface area contributed by atoms with E-state index in [4.69, 9.17) is 16.3 Å². The van der Waals surface area contributed by atoms with Gasteiger partial charge in [0.2, 0.25) is 0 Å². The first-order valence-corrected chi connectivity index (χ1v) is 9.04. The zero-order valence-electron chi connectivity index (χ0n) is 15.2. The number of halogens is 1. The molecule has 0 saturated heterocycles. The molecule has 0 N–H and O–H groups in total. The van der Waals surface area contributed by atoms with Crippen LogP contribution >= 0.6 is 11.6 Å². The van der Waals surface area contributed by atoms with E-state index in [2.05, 4.69) is 39.7 Å². The van der Waals surface area contributed by atoms with Gasteiger partial charge in [-0.05, 0) is 73.3 Å². The summed E-state index contributed by atoms with van der Waals surface area (Å²) in [7, 11) is 0. The van der Waals surface area contributed by atoms with Gasteiger partial charge in [0.1, 0.15) is 6.61 Å². The van der Waals surface area contributed by atoms with Crippen LogP contribution in [0.3, 0.4) is 0 Å². The highest BCUT2D eigenvalue weighted by molar-refractivity contribution is 6.30. The van der Waals surface area contributed by atoms with Crippen LogP contribution in [0.25, 0.3) is 0 Å². The third kappa shape index (κ3) is 4.64. The number of benzene rings is 1. The molecule has 0 bridgehead atoms. The lowest BCUT2D eigenvalue weighted by Gasteiger charge is -2.43. The third-order valence-corrected chi connectivity index (χ3v) is 5.71. The maximum Gasteiger partial charge on any atom is 0.338 e. The van der Waals surface area contributed by atoms with Gasteiger partial charge >= 0.3 is 5.97 Å². The second-order valence-corrected chi connectivity index (χ2v) is 7.76. The summed E-state index contributed by atoms with van der Waals surface area (Å²) in [5, 5.41) is 0.597. The number of esters is 1. The van der Waals surface area contributed by atoms with Gasteiger partial charge < -0.3 is 4.74 Å². The number of ether oxygens (including phenoxy) is 1. The highest BCUT2D eigenvalue weighted by Gasteiger charge is 2.38. The second kappa shape index (κ2) is 8.05. The van der Waals surface area contributed by atoms with Crippen LogP contribution in [0.5, 0.6) is 0 Å². The van der Waals surface area contributed by atoms with Crippen LogP contribution in [0.1, 0.15) is 43.5 Å². The van der Waals surface area contributed by atoms with Gasteiger partial charge in [-0.15, -0.1) is 6.58 Å². The zero-order valence-corrected chi connectivity index (χ0v) is 15.9. The van der Waals surface area contributed by atoms with Gasteiger partial charge in [-0.25, -0.2) is 4.79 Å². The number of carbonyl (C=O) groups is 1. The van der Waals surface area contributed by atoms with Gasteiger partial charge in [-0.3, -0.25) is 0 Å². The van der Waals surface area contributed by atoms with Crippen LogP contribution in [0, 0.1) is 17.3 Å². The van der Waals surface area contributed by atoms with E-state index >= 15 is 0 Å². The van der Waals surface area contributed by atoms with Crippen LogP contribution in [-0.4, -0.2) is 12.6 Å². The van der Waals surface area contributed by atoms with Crippen LogP contribution in [0.4, 0.5) is 0 Å². The Morgan fingerprint density at radius 3 is 2.56 bits per heavy atom. The molecule has 1 aromatic rings. The number of carbonyl (C=O) groups excluding carboxylic acids is 1. The number of allylic oxidation sites excluding steroid dienone is 2. The highest BCUT2D eigenvalue weighted by atomic mass is 35.5. The summed E-state index contributed by atoms with van der Waals surface area (Å²) in [5.74, 6) is 0.376. The zero-order chi connectivity index (χ0) is 18.6. The molecule has 0 amide bonds. The van der Waals surface area contributed by atoms with Crippen molar-refractivity contribution >= 4 is 17.6 Å². The van der Waals surface area contributed by atoms with Crippen LogP contribution in [0.15, 0.2) is 61.2 Å². The van der Waals surface area contributed by atoms with Gasteiger partial charge in [0, 0.05) is 5.02 Å². The van der Waals surface area contributed by atoms with Crippen LogP contribution < -0.4 is 0 Å². The minimum atomic E-state index is -0.346. The quantitative estimate of drug-likeness (QED) is 0.444. The predicted octanol–water partition coefficient (Wildman–Crippen LogP) is 6.24. The average molecular weight is 359 g/mol. The molecule has 3 atom stereocenters. The summed E-state index contributed by atoms with van der Waals surface area (Å²) >= 11 is 5.84. The lowest BCUT2D eigenvalue weighted by molar-refractivity contribution is 0.0521. The topological polar surface area (TPSA) is 26.3 Å². The van der Waals surface area contributed by atoms with E-state index in [-0.39, 0.29) is 18.0 Å². The largest absolute Gasteiger partial charge is 0.458 e. The Morgan fingerprint density at radius 1 is 1.36 bits per heavy atom. The standard InChI is InChI=1S/C22H27ClO2/c1-6-22(5)12-11-18(13-20(22)15(2)3)16(4)14-25-21(24)17-7-9-19(23)10-8-17/h6-10,18,20H,1-2,4,11-14H2,3,5H3/t18-,20+,22-/m1/s1. The summed E-state index contributed by atoms with van der Waals surface area (Å²) < 4.78 is 5.43. The van der Waals surface area contributed by atoms with Crippen molar-refractivity contribution in [2.45, 2.75) is 33.1 Å². The molecule has 0 radical (unpaired) electrons. The van der Waals surface area contributed by atoms with Crippen molar-refractivity contribution in [2.75, 3.05) is 6.61 Å². The van der Waals surface area contributed by atoms with Crippen molar-refractivity contribution in [3.8, 4) is 0 Å². The minimum Gasteiger partial charge on any atom is -0.458 e. The van der Waals surface area contributed by atoms with Crippen LogP contribution in [-0.2, 0) is 4.74 Å². The van der Waals surface area contributed by atoms with Gasteiger partial charge in [0.25, 0.3) is 0 Å².